The summed E-state index contributed by atoms with van der Waals surface area (Å²) in [7, 11) is 6.04. The normalized spacial score (nSPS) is 11.2. The number of hydrogen-bond donors (Lipinski definition) is 2. The third-order valence-electron chi connectivity index (χ3n) is 3.94. The number of carbonyl (C=O) groups excluding carboxylic acids is 4. The first-order valence-electron chi connectivity index (χ1n) is 11.3. The molecule has 240 valence electrons. The van der Waals surface area contributed by atoms with Crippen molar-refractivity contribution in [2.75, 3.05) is 28.4 Å². The van der Waals surface area contributed by atoms with Crippen LogP contribution in [0.25, 0.3) is 0 Å². The molecule has 0 aromatic heterocycles. The molecule has 42 heavy (non-hydrogen) atoms. The number of rotatable bonds is 9. The third-order valence-corrected chi connectivity index (χ3v) is 3.94. The van der Waals surface area contributed by atoms with E-state index in [1.807, 2.05) is 0 Å². The number of aliphatic carboxylic acids is 1. The van der Waals surface area contributed by atoms with Crippen LogP contribution < -0.4 is 103 Å². The minimum atomic E-state index is -1.23. The Morgan fingerprint density at radius 3 is 0.762 bits per heavy atom. The molecule has 0 rings (SSSR count). The number of aliphatic hydroxyl groups excluding tert-OH is 1. The molecule has 18 heteroatoms. The van der Waals surface area contributed by atoms with E-state index in [0.717, 1.165) is 0 Å². The van der Waals surface area contributed by atoms with E-state index in [1.165, 1.54) is 119 Å². The summed E-state index contributed by atoms with van der Waals surface area (Å²) in [5.74, 6) is -1.15. The molecular weight excluding hydrogens is 669 g/mol. The summed E-state index contributed by atoms with van der Waals surface area (Å²) >= 11 is 2.50. The summed E-state index contributed by atoms with van der Waals surface area (Å²) in [4.78, 5) is 50.3. The van der Waals surface area contributed by atoms with Gasteiger partial charge in [0.1, 0.15) is 31.3 Å². The summed E-state index contributed by atoms with van der Waals surface area (Å²) in [5, 5.41) is 15.8. The van der Waals surface area contributed by atoms with Crippen LogP contribution in [-0.2, 0) is 42.9 Å². The fraction of sp³-hybridized carbons (Fsp3) is 0.750. The van der Waals surface area contributed by atoms with Gasteiger partial charge >= 0.3 is 178 Å². The van der Waals surface area contributed by atoms with Crippen LogP contribution >= 0.6 is 0 Å². The molecule has 0 aliphatic carbocycles. The fourth-order valence-electron chi connectivity index (χ4n) is 0.629. The van der Waals surface area contributed by atoms with Crippen molar-refractivity contribution in [2.24, 2.45) is 0 Å². The fourth-order valence-corrected chi connectivity index (χ4v) is 0.629. The number of ketones is 4. The van der Waals surface area contributed by atoms with E-state index >= 15 is 0 Å². The van der Waals surface area contributed by atoms with Gasteiger partial charge in [-0.05, 0) is 55.4 Å². The Bertz CT molecular complexity index is 515. The molecule has 0 aliphatic heterocycles. The molecule has 0 saturated carbocycles. The molecule has 0 bridgehead atoms. The van der Waals surface area contributed by atoms with E-state index in [-0.39, 0.29) is 177 Å². The van der Waals surface area contributed by atoms with Crippen molar-refractivity contribution in [1.29, 1.82) is 0 Å². The zero-order valence-electron chi connectivity index (χ0n) is 30.2. The molecule has 5 atom stereocenters. The predicted octanol–water partition coefficient (Wildman–Crippen LogP) is -6.66. The zero-order chi connectivity index (χ0) is 30.6. The molecule has 0 spiro atoms. The molecule has 0 heterocycles. The Morgan fingerprint density at radius 2 is 0.762 bits per heavy atom. The molecule has 0 radical (unpaired) electrons. The number of methoxy groups -OCH3 is 4. The average Bonchev–Trinajstić information content (AvgIpc) is 2.84. The second-order valence-electron chi connectivity index (χ2n) is 6.82. The summed E-state index contributed by atoms with van der Waals surface area (Å²) in [6.45, 7) is 15.7. The van der Waals surface area contributed by atoms with Gasteiger partial charge in [-0.3, -0.25) is 14.4 Å². The molecule has 5 unspecified atom stereocenters. The van der Waals surface area contributed by atoms with E-state index in [1.54, 1.807) is 27.7 Å². The Kier molecular flexibility index (Phi) is 116. The Morgan fingerprint density at radius 1 is 0.619 bits per heavy atom. The van der Waals surface area contributed by atoms with Crippen LogP contribution in [0.5, 0.6) is 0 Å². The summed E-state index contributed by atoms with van der Waals surface area (Å²) < 4.78 is 18.6. The third kappa shape index (κ3) is 79.6. The zero-order valence-corrected chi connectivity index (χ0v) is 40.7. The van der Waals surface area contributed by atoms with Crippen molar-refractivity contribution < 1.29 is 175 Å². The van der Waals surface area contributed by atoms with Gasteiger partial charge in [0.2, 0.25) is 0 Å². The van der Waals surface area contributed by atoms with Crippen molar-refractivity contribution in [3.8, 4) is 0 Å². The second-order valence-corrected chi connectivity index (χ2v) is 6.82. The average molecular weight is 726 g/mol. The molecule has 14 nitrogen and oxygen atoms in total. The van der Waals surface area contributed by atoms with Gasteiger partial charge < -0.3 is 48.4 Å². The van der Waals surface area contributed by atoms with Gasteiger partial charge in [-0.15, -0.1) is 0 Å². The molecular formula is C24H57K4O14+. The van der Waals surface area contributed by atoms with Crippen LogP contribution in [0.2, 0.25) is 0 Å². The van der Waals surface area contributed by atoms with E-state index in [2.05, 4.69) is 25.9 Å². The Labute approximate surface area is 386 Å². The monoisotopic (exact) mass is 725 g/mol. The molecule has 0 amide bonds. The van der Waals surface area contributed by atoms with Crippen molar-refractivity contribution in [3.63, 3.8) is 0 Å². The number of carbonyl (C=O) groups is 5. The summed E-state index contributed by atoms with van der Waals surface area (Å²) in [6.07, 6.45) is -2.29. The van der Waals surface area contributed by atoms with Gasteiger partial charge in [-0.25, -0.2) is 9.59 Å². The van der Waals surface area contributed by atoms with Crippen LogP contribution in [0.1, 0.15) is 65.7 Å². The first-order valence-corrected chi connectivity index (χ1v) is 27.3. The molecule has 0 aromatic rings. The topological polar surface area (TPSA) is 257 Å². The number of Topliss-reactive ketones (excluding diaryl/α,β-unsaturated/α-hetero) is 4. The van der Waals surface area contributed by atoms with Crippen molar-refractivity contribution >= 4 is 92.3 Å². The van der Waals surface area contributed by atoms with Crippen molar-refractivity contribution in [1.82, 2.24) is 0 Å². The molecule has 8 N–H and O–H groups in total. The van der Waals surface area contributed by atoms with Gasteiger partial charge in [0.05, 0.1) is 0 Å². The van der Waals surface area contributed by atoms with Crippen LogP contribution in [0.15, 0.2) is 0 Å². The van der Waals surface area contributed by atoms with Gasteiger partial charge in [0, 0.05) is 28.4 Å². The van der Waals surface area contributed by atoms with Crippen LogP contribution in [0.3, 0.4) is 0 Å². The Balaban J connectivity index is -0.0000000201. The van der Waals surface area contributed by atoms with Crippen molar-refractivity contribution in [2.45, 2.75) is 93.3 Å². The molecule has 0 saturated heterocycles. The summed E-state index contributed by atoms with van der Waals surface area (Å²) in [6, 6.07) is 0. The van der Waals surface area contributed by atoms with E-state index in [4.69, 9.17) is 10.2 Å². The maximum atomic E-state index is 10.2. The number of aliphatic hydroxyl groups is 1. The number of carboxylic acid groups (broad SMARTS) is 1. The van der Waals surface area contributed by atoms with Gasteiger partial charge in [-0.2, -0.15) is 0 Å². The standard InChI is InChI=1S/3C5H10O2.C5H9O2.C3H6O3.CH4.4K.3H2O.2H/c4*1-4(6)5(2)7-3;1-2(4)3(5)6;;;;;;;;;;/h3*5H,1-3H3;5H,1H2,2-3H3;2,4H,1H3,(H,5,6);1H4;;;;;3*1H2;;/q;;;+1;;;;;2*+1;;;;2*-1. The minimum absolute atomic E-state index is 0. The van der Waals surface area contributed by atoms with E-state index < -0.39 is 12.1 Å². The predicted molar refractivity (Wildman–Crippen MR) is 159 cm³/mol. The van der Waals surface area contributed by atoms with E-state index in [0.29, 0.717) is 0 Å². The maximum absolute atomic E-state index is 10.2. The van der Waals surface area contributed by atoms with Gasteiger partial charge in [-0.1, -0.05) is 7.43 Å². The van der Waals surface area contributed by atoms with Crippen molar-refractivity contribution in [3.05, 3.63) is 6.92 Å². The first kappa shape index (κ1) is 80.7. The van der Waals surface area contributed by atoms with Gasteiger partial charge in [0.15, 0.2) is 23.5 Å². The Hall–Kier alpha value is 4.25. The number of ether oxygens (including phenoxy) is 4. The second kappa shape index (κ2) is 60.6. The van der Waals surface area contributed by atoms with E-state index in [9.17, 15) is 24.0 Å². The van der Waals surface area contributed by atoms with Crippen LogP contribution in [-0.4, -0.2) is 178 Å². The first-order chi connectivity index (χ1) is 16.4. The van der Waals surface area contributed by atoms with Crippen LogP contribution in [0.4, 0.5) is 0 Å². The summed E-state index contributed by atoms with van der Waals surface area (Å²) in [5.41, 5.74) is 0. The molecule has 0 fully saturated rings. The number of hydrogen-bond acceptors (Lipinski definition) is 10. The van der Waals surface area contributed by atoms with Crippen LogP contribution in [0, 0.1) is 6.92 Å². The number of carboxylic acids is 1. The van der Waals surface area contributed by atoms with Gasteiger partial charge in [0.25, 0.3) is 0 Å². The molecule has 0 aliphatic rings. The SMILES string of the molecule is C.CC(O)C(=O)O.COC(C)C(C)=O.COC(C)C(C)=O.COC(C)C(C)=O.O.O.O.[CH2+]C(=O)C(C)OC.[H-].[H-].[K+].[K+].[K][K]. The quantitative estimate of drug-likeness (QED) is 0.167. The molecule has 0 aromatic carbocycles.